The first kappa shape index (κ1) is 17.2. The molecule has 1 aliphatic heterocycles. The molecular weight excluding hydrogens is 352 g/mol. The fourth-order valence-corrected chi connectivity index (χ4v) is 5.50. The minimum atomic E-state index is -0.601. The van der Waals surface area contributed by atoms with Gasteiger partial charge in [-0.3, -0.25) is 19.8 Å². The van der Waals surface area contributed by atoms with E-state index in [1.54, 1.807) is 13.8 Å². The summed E-state index contributed by atoms with van der Waals surface area (Å²) in [6.45, 7) is 5.55. The Morgan fingerprint density at radius 2 is 1.50 bits per heavy atom. The van der Waals surface area contributed by atoms with Crippen molar-refractivity contribution in [3.63, 3.8) is 0 Å². The molecule has 0 unspecified atom stereocenters. The number of benzene rings is 2. The summed E-state index contributed by atoms with van der Waals surface area (Å²) in [7, 11) is 0. The highest BCUT2D eigenvalue weighted by Gasteiger charge is 2.66. The number of hydrogen-bond donors (Lipinski definition) is 1. The molecule has 1 N–H and O–H groups in total. The van der Waals surface area contributed by atoms with Crippen molar-refractivity contribution in [1.29, 1.82) is 0 Å². The van der Waals surface area contributed by atoms with Crippen LogP contribution in [0.2, 0.25) is 0 Å². The van der Waals surface area contributed by atoms with Crippen LogP contribution in [0.25, 0.3) is 0 Å². The first-order valence-electron chi connectivity index (χ1n) is 9.74. The van der Waals surface area contributed by atoms with Crippen LogP contribution < -0.4 is 5.43 Å². The molecule has 1 heterocycles. The predicted molar refractivity (Wildman–Crippen MR) is 103 cm³/mol. The maximum Gasteiger partial charge on any atom is 0.253 e. The maximum absolute atomic E-state index is 13.4. The van der Waals surface area contributed by atoms with E-state index in [1.165, 1.54) is 0 Å². The zero-order valence-electron chi connectivity index (χ0n) is 16.1. The van der Waals surface area contributed by atoms with Gasteiger partial charge in [0.25, 0.3) is 11.8 Å². The second kappa shape index (κ2) is 5.53. The largest absolute Gasteiger partial charge is 0.273 e. The Labute approximate surface area is 163 Å². The van der Waals surface area contributed by atoms with Gasteiger partial charge in [0.2, 0.25) is 5.91 Å². The zero-order valence-corrected chi connectivity index (χ0v) is 16.1. The minimum Gasteiger partial charge on any atom is -0.273 e. The summed E-state index contributed by atoms with van der Waals surface area (Å²) < 4.78 is 0. The van der Waals surface area contributed by atoms with E-state index in [4.69, 9.17) is 0 Å². The molecule has 6 rings (SSSR count). The van der Waals surface area contributed by atoms with Gasteiger partial charge in [-0.05, 0) is 22.3 Å². The molecule has 2 aromatic carbocycles. The number of hydrazine groups is 1. The van der Waals surface area contributed by atoms with Crippen LogP contribution in [0.5, 0.6) is 0 Å². The molecule has 28 heavy (non-hydrogen) atoms. The van der Waals surface area contributed by atoms with Crippen molar-refractivity contribution < 1.29 is 14.4 Å². The van der Waals surface area contributed by atoms with Crippen LogP contribution in [-0.2, 0) is 19.8 Å². The number of imide groups is 1. The quantitative estimate of drug-likeness (QED) is 0.822. The second-order valence-electron chi connectivity index (χ2n) is 8.50. The van der Waals surface area contributed by atoms with E-state index < -0.39 is 17.3 Å². The lowest BCUT2D eigenvalue weighted by atomic mass is 9.48. The molecule has 3 aliphatic carbocycles. The van der Waals surface area contributed by atoms with Crippen LogP contribution in [0, 0.1) is 17.8 Å². The van der Waals surface area contributed by atoms with Crippen molar-refractivity contribution in [2.45, 2.75) is 32.1 Å². The molecular formula is C23H22N2O3. The number of hydrogen-bond acceptors (Lipinski definition) is 3. The van der Waals surface area contributed by atoms with Crippen LogP contribution in [0.3, 0.4) is 0 Å². The predicted octanol–water partition coefficient (Wildman–Crippen LogP) is 2.74. The van der Waals surface area contributed by atoms with Crippen LogP contribution in [-0.4, -0.2) is 22.7 Å². The standard InChI is InChI=1S/C23H22N2O3/c1-12(2)20(26)24-25-21(27)18-17-13-8-4-6-10-15(13)23(3,19(18)22(25)28)16-11-7-5-9-14(16)17/h4-12,17-19H,1-3H3,(H,24,26)/t17?,18-,19-,23?/m0/s1. The molecule has 5 nitrogen and oxygen atoms in total. The Balaban J connectivity index is 1.71. The van der Waals surface area contributed by atoms with Gasteiger partial charge in [-0.15, -0.1) is 0 Å². The number of amides is 3. The molecule has 2 atom stereocenters. The van der Waals surface area contributed by atoms with E-state index >= 15 is 0 Å². The lowest BCUT2D eigenvalue weighted by Gasteiger charge is -2.52. The number of rotatable bonds is 2. The monoisotopic (exact) mass is 374 g/mol. The summed E-state index contributed by atoms with van der Waals surface area (Å²) in [6.07, 6.45) is 0. The van der Waals surface area contributed by atoms with Gasteiger partial charge in [-0.1, -0.05) is 69.3 Å². The van der Waals surface area contributed by atoms with Gasteiger partial charge in [0.1, 0.15) is 0 Å². The SMILES string of the molecule is CC(C)C(=O)NN1C(=O)[C@@H]2[C@@H](C1=O)C1c3ccccc3C2(C)c2ccccc21. The summed E-state index contributed by atoms with van der Waals surface area (Å²) in [5.74, 6) is -2.42. The van der Waals surface area contributed by atoms with Crippen molar-refractivity contribution in [3.05, 3.63) is 70.8 Å². The Morgan fingerprint density at radius 3 is 2.04 bits per heavy atom. The highest BCUT2D eigenvalue weighted by molar-refractivity contribution is 6.09. The van der Waals surface area contributed by atoms with Crippen molar-refractivity contribution in [1.82, 2.24) is 10.4 Å². The van der Waals surface area contributed by atoms with E-state index in [0.29, 0.717) is 0 Å². The Bertz CT molecular complexity index is 994. The van der Waals surface area contributed by atoms with Gasteiger partial charge in [0.15, 0.2) is 0 Å². The number of carbonyl (C=O) groups excluding carboxylic acids is 3. The van der Waals surface area contributed by atoms with Crippen molar-refractivity contribution in [3.8, 4) is 0 Å². The van der Waals surface area contributed by atoms with Gasteiger partial charge in [0.05, 0.1) is 11.8 Å². The molecule has 0 radical (unpaired) electrons. The van der Waals surface area contributed by atoms with Gasteiger partial charge in [0, 0.05) is 17.3 Å². The summed E-state index contributed by atoms with van der Waals surface area (Å²) in [4.78, 5) is 39.0. The lowest BCUT2D eigenvalue weighted by Crippen LogP contribution is -2.52. The van der Waals surface area contributed by atoms with Crippen molar-refractivity contribution in [2.24, 2.45) is 17.8 Å². The fraction of sp³-hybridized carbons (Fsp3) is 0.348. The average molecular weight is 374 g/mol. The topological polar surface area (TPSA) is 66.5 Å². The van der Waals surface area contributed by atoms with Gasteiger partial charge in [-0.2, -0.15) is 5.01 Å². The van der Waals surface area contributed by atoms with Gasteiger partial charge < -0.3 is 0 Å². The molecule has 2 aromatic rings. The minimum absolute atomic E-state index is 0.170. The molecule has 2 bridgehead atoms. The van der Waals surface area contributed by atoms with Gasteiger partial charge in [-0.25, -0.2) is 0 Å². The first-order valence-corrected chi connectivity index (χ1v) is 9.74. The molecule has 5 heteroatoms. The van der Waals surface area contributed by atoms with Crippen LogP contribution >= 0.6 is 0 Å². The molecule has 0 aromatic heterocycles. The van der Waals surface area contributed by atoms with E-state index in [1.807, 2.05) is 24.3 Å². The Morgan fingerprint density at radius 1 is 0.964 bits per heavy atom. The molecule has 1 saturated heterocycles. The summed E-state index contributed by atoms with van der Waals surface area (Å²) >= 11 is 0. The Hall–Kier alpha value is -2.95. The highest BCUT2D eigenvalue weighted by Crippen LogP contribution is 2.63. The molecule has 1 fully saturated rings. The van der Waals surface area contributed by atoms with Gasteiger partial charge >= 0.3 is 0 Å². The average Bonchev–Trinajstić information content (AvgIpc) is 2.94. The van der Waals surface area contributed by atoms with E-state index in [2.05, 4.69) is 36.6 Å². The first-order chi connectivity index (χ1) is 13.4. The van der Waals surface area contributed by atoms with Crippen LogP contribution in [0.15, 0.2) is 48.5 Å². The third kappa shape index (κ3) is 1.89. The normalized spacial score (nSPS) is 29.6. The summed E-state index contributed by atoms with van der Waals surface area (Å²) in [6, 6.07) is 16.2. The molecule has 142 valence electrons. The van der Waals surface area contributed by atoms with E-state index in [-0.39, 0.29) is 29.6 Å². The van der Waals surface area contributed by atoms with Crippen molar-refractivity contribution >= 4 is 17.7 Å². The number of carbonyl (C=O) groups is 3. The highest BCUT2D eigenvalue weighted by atomic mass is 16.2. The molecule has 3 amide bonds. The van der Waals surface area contributed by atoms with E-state index in [9.17, 15) is 14.4 Å². The zero-order chi connectivity index (χ0) is 19.8. The van der Waals surface area contributed by atoms with Crippen LogP contribution in [0.4, 0.5) is 0 Å². The third-order valence-electron chi connectivity index (χ3n) is 6.79. The summed E-state index contributed by atoms with van der Waals surface area (Å²) in [5, 5.41) is 0.987. The van der Waals surface area contributed by atoms with Crippen molar-refractivity contribution in [2.75, 3.05) is 0 Å². The molecule has 0 saturated carbocycles. The molecule has 4 aliphatic rings. The lowest BCUT2D eigenvalue weighted by molar-refractivity contribution is -0.150. The fourth-order valence-electron chi connectivity index (χ4n) is 5.50. The Kier molecular flexibility index (Phi) is 3.39. The van der Waals surface area contributed by atoms with Crippen LogP contribution in [0.1, 0.15) is 48.9 Å². The second-order valence-corrected chi connectivity index (χ2v) is 8.50. The summed E-state index contributed by atoms with van der Waals surface area (Å²) in [5.41, 5.74) is 6.42. The number of nitrogens with zero attached hydrogens (tertiary/aromatic N) is 1. The molecule has 0 spiro atoms. The van der Waals surface area contributed by atoms with E-state index in [0.717, 1.165) is 27.3 Å². The smallest absolute Gasteiger partial charge is 0.253 e. The third-order valence-corrected chi connectivity index (χ3v) is 6.79. The maximum atomic E-state index is 13.4. The number of nitrogens with one attached hydrogen (secondary N) is 1.